The smallest absolute Gasteiger partial charge is 0.178 e. The van der Waals surface area contributed by atoms with Crippen LogP contribution in [-0.4, -0.2) is 14.2 Å². The van der Waals surface area contributed by atoms with E-state index >= 15 is 0 Å². The topological polar surface area (TPSA) is 34.1 Å². The highest BCUT2D eigenvalue weighted by atomic mass is 32.2. The minimum Gasteiger partial charge on any atom is -0.224 e. The fraction of sp³-hybridized carbons (Fsp3) is 0.619. The monoisotopic (exact) mass is 346 g/mol. The molecule has 132 valence electrons. The molecule has 0 amide bonds. The Morgan fingerprint density at radius 2 is 1.75 bits per heavy atom. The molecule has 2 nitrogen and oxygen atoms in total. The molecule has 3 atom stereocenters. The van der Waals surface area contributed by atoms with Crippen molar-refractivity contribution in [3.8, 4) is 0 Å². The highest BCUT2D eigenvalue weighted by molar-refractivity contribution is 7.91. The zero-order valence-electron chi connectivity index (χ0n) is 15.4. The third kappa shape index (κ3) is 2.96. The molecular weight excluding hydrogens is 316 g/mol. The molecule has 1 aromatic carbocycles. The number of fused-ring (bicyclic) bond motifs is 1. The van der Waals surface area contributed by atoms with Crippen LogP contribution in [0, 0.1) is 22.7 Å². The van der Waals surface area contributed by atoms with Crippen LogP contribution in [0.25, 0.3) is 0 Å². The Balaban J connectivity index is 1.97. The number of sulfone groups is 1. The summed E-state index contributed by atoms with van der Waals surface area (Å²) in [5, 5.41) is 0. The Morgan fingerprint density at radius 3 is 2.42 bits per heavy atom. The first kappa shape index (κ1) is 17.7. The van der Waals surface area contributed by atoms with E-state index in [1.54, 1.807) is 12.1 Å². The van der Waals surface area contributed by atoms with Crippen molar-refractivity contribution in [2.45, 2.75) is 58.3 Å². The predicted molar refractivity (Wildman–Crippen MR) is 99.6 cm³/mol. The maximum atomic E-state index is 13.0. The zero-order valence-corrected chi connectivity index (χ0v) is 16.2. The maximum absolute atomic E-state index is 13.0. The standard InChI is InChI=1S/C21H30O2S/c1-16-11-12-19-20(2,3)13-8-14-21(19,4)18(16)15-24(22,23)17-9-6-5-7-10-17/h5-7,9-11,18-19H,8,12-15H2,1-4H3/t18-,19?,21+/m0/s1. The molecule has 1 fully saturated rings. The van der Waals surface area contributed by atoms with Gasteiger partial charge < -0.3 is 0 Å². The van der Waals surface area contributed by atoms with Crippen LogP contribution in [0.4, 0.5) is 0 Å². The van der Waals surface area contributed by atoms with Gasteiger partial charge in [0.2, 0.25) is 0 Å². The molecule has 24 heavy (non-hydrogen) atoms. The van der Waals surface area contributed by atoms with E-state index < -0.39 is 9.84 Å². The van der Waals surface area contributed by atoms with Gasteiger partial charge in [0.25, 0.3) is 0 Å². The Hall–Kier alpha value is -1.09. The molecule has 1 saturated carbocycles. The SMILES string of the molecule is CC1=CCC2C(C)(C)CCC[C@]2(C)[C@H]1CS(=O)(=O)c1ccccc1. The summed E-state index contributed by atoms with van der Waals surface area (Å²) in [5.74, 6) is 0.932. The highest BCUT2D eigenvalue weighted by Crippen LogP contribution is 2.59. The molecule has 3 heteroatoms. The normalized spacial score (nSPS) is 32.8. The first-order valence-corrected chi connectivity index (χ1v) is 10.8. The average molecular weight is 347 g/mol. The van der Waals surface area contributed by atoms with Gasteiger partial charge in [-0.05, 0) is 61.0 Å². The summed E-state index contributed by atoms with van der Waals surface area (Å²) in [6.45, 7) is 9.22. The van der Waals surface area contributed by atoms with Crippen molar-refractivity contribution in [3.63, 3.8) is 0 Å². The van der Waals surface area contributed by atoms with Gasteiger partial charge in [-0.3, -0.25) is 0 Å². The molecule has 0 heterocycles. The van der Waals surface area contributed by atoms with E-state index in [2.05, 4.69) is 33.8 Å². The summed E-state index contributed by atoms with van der Waals surface area (Å²) in [6.07, 6.45) is 7.00. The lowest BCUT2D eigenvalue weighted by atomic mass is 9.49. The zero-order chi connectivity index (χ0) is 17.6. The first-order valence-electron chi connectivity index (χ1n) is 9.11. The fourth-order valence-electron chi connectivity index (χ4n) is 5.40. The Morgan fingerprint density at radius 1 is 1.08 bits per heavy atom. The summed E-state index contributed by atoms with van der Waals surface area (Å²) in [7, 11) is -3.26. The van der Waals surface area contributed by atoms with Gasteiger partial charge in [0.05, 0.1) is 10.6 Å². The van der Waals surface area contributed by atoms with Crippen molar-refractivity contribution in [1.29, 1.82) is 0 Å². The molecule has 0 N–H and O–H groups in total. The van der Waals surface area contributed by atoms with Crippen molar-refractivity contribution in [3.05, 3.63) is 42.0 Å². The third-order valence-electron chi connectivity index (χ3n) is 6.79. The highest BCUT2D eigenvalue weighted by Gasteiger charge is 2.52. The van der Waals surface area contributed by atoms with Crippen LogP contribution in [-0.2, 0) is 9.84 Å². The van der Waals surface area contributed by atoms with Gasteiger partial charge >= 0.3 is 0 Å². The van der Waals surface area contributed by atoms with Gasteiger partial charge in [-0.25, -0.2) is 8.42 Å². The van der Waals surface area contributed by atoms with Crippen LogP contribution in [0.1, 0.15) is 53.4 Å². The van der Waals surface area contributed by atoms with Crippen molar-refractivity contribution in [2.75, 3.05) is 5.75 Å². The number of hydrogen-bond acceptors (Lipinski definition) is 2. The summed E-state index contributed by atoms with van der Waals surface area (Å²) < 4.78 is 26.0. The van der Waals surface area contributed by atoms with E-state index in [1.165, 1.54) is 18.4 Å². The van der Waals surface area contributed by atoms with E-state index in [4.69, 9.17) is 0 Å². The molecule has 2 aliphatic rings. The average Bonchev–Trinajstić information content (AvgIpc) is 2.51. The minimum absolute atomic E-state index is 0.0857. The van der Waals surface area contributed by atoms with Crippen LogP contribution < -0.4 is 0 Å². The fourth-order valence-corrected chi connectivity index (χ4v) is 7.25. The maximum Gasteiger partial charge on any atom is 0.178 e. The lowest BCUT2D eigenvalue weighted by Gasteiger charge is -2.56. The second kappa shape index (κ2) is 6.01. The summed E-state index contributed by atoms with van der Waals surface area (Å²) in [5.41, 5.74) is 1.65. The number of allylic oxidation sites excluding steroid dienone is 2. The molecule has 1 unspecified atom stereocenters. The predicted octanol–water partition coefficient (Wildman–Crippen LogP) is 5.26. The van der Waals surface area contributed by atoms with E-state index in [1.807, 2.05) is 18.2 Å². The van der Waals surface area contributed by atoms with Crippen LogP contribution in [0.5, 0.6) is 0 Å². The Kier molecular flexibility index (Phi) is 4.44. The lowest BCUT2D eigenvalue weighted by Crippen LogP contribution is -2.50. The van der Waals surface area contributed by atoms with Gasteiger partial charge in [0, 0.05) is 0 Å². The van der Waals surface area contributed by atoms with Gasteiger partial charge in [0.1, 0.15) is 0 Å². The number of benzene rings is 1. The molecule has 0 radical (unpaired) electrons. The van der Waals surface area contributed by atoms with Crippen molar-refractivity contribution in [1.82, 2.24) is 0 Å². The van der Waals surface area contributed by atoms with E-state index in [0.717, 1.165) is 12.8 Å². The van der Waals surface area contributed by atoms with Crippen LogP contribution in [0.15, 0.2) is 46.9 Å². The van der Waals surface area contributed by atoms with E-state index in [0.29, 0.717) is 16.2 Å². The third-order valence-corrected chi connectivity index (χ3v) is 8.55. The summed E-state index contributed by atoms with van der Waals surface area (Å²) in [4.78, 5) is 0.457. The molecule has 2 aliphatic carbocycles. The van der Waals surface area contributed by atoms with Crippen molar-refractivity contribution in [2.24, 2.45) is 22.7 Å². The van der Waals surface area contributed by atoms with Gasteiger partial charge in [0.15, 0.2) is 9.84 Å². The molecule has 0 aliphatic heterocycles. The van der Waals surface area contributed by atoms with Gasteiger partial charge in [-0.15, -0.1) is 0 Å². The van der Waals surface area contributed by atoms with Gasteiger partial charge in [-0.1, -0.05) is 57.0 Å². The Labute approximate surface area is 147 Å². The number of hydrogen-bond donors (Lipinski definition) is 0. The van der Waals surface area contributed by atoms with Crippen LogP contribution in [0.2, 0.25) is 0 Å². The first-order chi connectivity index (χ1) is 11.2. The van der Waals surface area contributed by atoms with E-state index in [9.17, 15) is 8.42 Å². The largest absolute Gasteiger partial charge is 0.224 e. The second-order valence-corrected chi connectivity index (χ2v) is 10.8. The van der Waals surface area contributed by atoms with E-state index in [-0.39, 0.29) is 17.1 Å². The molecule has 0 bridgehead atoms. The summed E-state index contributed by atoms with van der Waals surface area (Å²) in [6, 6.07) is 8.94. The van der Waals surface area contributed by atoms with Crippen molar-refractivity contribution >= 4 is 9.84 Å². The lowest BCUT2D eigenvalue weighted by molar-refractivity contribution is -0.0309. The molecule has 0 saturated heterocycles. The molecule has 0 spiro atoms. The van der Waals surface area contributed by atoms with Crippen LogP contribution in [0.3, 0.4) is 0 Å². The molecule has 3 rings (SSSR count). The quantitative estimate of drug-likeness (QED) is 0.700. The second-order valence-electron chi connectivity index (χ2n) is 8.73. The van der Waals surface area contributed by atoms with Gasteiger partial charge in [-0.2, -0.15) is 0 Å². The minimum atomic E-state index is -3.26. The number of rotatable bonds is 3. The van der Waals surface area contributed by atoms with Crippen molar-refractivity contribution < 1.29 is 8.42 Å². The summed E-state index contributed by atoms with van der Waals surface area (Å²) >= 11 is 0. The van der Waals surface area contributed by atoms with Crippen LogP contribution >= 0.6 is 0 Å². The Bertz CT molecular complexity index is 730. The molecule has 0 aromatic heterocycles. The molecular formula is C21H30O2S. The molecule has 1 aromatic rings.